The molecule has 0 fully saturated rings. The Morgan fingerprint density at radius 1 is 0.565 bits per heavy atom. The van der Waals surface area contributed by atoms with Gasteiger partial charge in [0.05, 0.1) is 0 Å². The Labute approximate surface area is 132 Å². The van der Waals surface area contributed by atoms with E-state index in [2.05, 4.69) is 4.74 Å². The monoisotopic (exact) mass is 314 g/mol. The van der Waals surface area contributed by atoms with Crippen LogP contribution in [-0.2, 0) is 0 Å². The molecule has 0 aliphatic rings. The maximum Gasteiger partial charge on any atom is 0.573 e. The van der Waals surface area contributed by atoms with Gasteiger partial charge in [-0.05, 0) is 22.8 Å². The van der Waals surface area contributed by atoms with Crippen LogP contribution in [0.4, 0.5) is 13.2 Å². The quantitative estimate of drug-likeness (QED) is 0.583. The minimum Gasteiger partial charge on any atom is -0.405 e. The Bertz CT molecular complexity index is 795. The van der Waals surface area contributed by atoms with Crippen LogP contribution in [0.3, 0.4) is 0 Å². The summed E-state index contributed by atoms with van der Waals surface area (Å²) in [4.78, 5) is 0. The summed E-state index contributed by atoms with van der Waals surface area (Å²) in [6, 6.07) is 23.0. The second kappa shape index (κ2) is 6.16. The smallest absolute Gasteiger partial charge is 0.405 e. The summed E-state index contributed by atoms with van der Waals surface area (Å²) in [5.41, 5.74) is 2.89. The lowest BCUT2D eigenvalue weighted by molar-refractivity contribution is -0.274. The fourth-order valence-electron chi connectivity index (χ4n) is 2.49. The summed E-state index contributed by atoms with van der Waals surface area (Å²) >= 11 is 0. The minimum absolute atomic E-state index is 0.205. The lowest BCUT2D eigenvalue weighted by Crippen LogP contribution is -2.17. The van der Waals surface area contributed by atoms with Crippen molar-refractivity contribution in [2.24, 2.45) is 0 Å². The molecular weight excluding hydrogens is 301 g/mol. The van der Waals surface area contributed by atoms with Gasteiger partial charge in [0.2, 0.25) is 0 Å². The molecule has 0 radical (unpaired) electrons. The largest absolute Gasteiger partial charge is 0.573 e. The van der Waals surface area contributed by atoms with E-state index in [0.29, 0.717) is 11.1 Å². The van der Waals surface area contributed by atoms with Crippen LogP contribution < -0.4 is 4.74 Å². The molecule has 0 N–H and O–H groups in total. The van der Waals surface area contributed by atoms with Crippen LogP contribution in [0.15, 0.2) is 78.9 Å². The maximum absolute atomic E-state index is 12.6. The molecule has 0 bridgehead atoms. The van der Waals surface area contributed by atoms with E-state index in [1.165, 1.54) is 12.1 Å². The average molecular weight is 314 g/mol. The highest BCUT2D eigenvalue weighted by Gasteiger charge is 2.32. The molecule has 3 aromatic carbocycles. The van der Waals surface area contributed by atoms with Gasteiger partial charge in [0.25, 0.3) is 0 Å². The molecular formula is C19H13F3O. The lowest BCUT2D eigenvalue weighted by Gasteiger charge is -2.16. The zero-order chi connectivity index (χ0) is 16.3. The van der Waals surface area contributed by atoms with Crippen LogP contribution in [0.5, 0.6) is 5.75 Å². The van der Waals surface area contributed by atoms with Crippen molar-refractivity contribution in [2.45, 2.75) is 6.36 Å². The molecule has 1 nitrogen and oxygen atoms in total. The van der Waals surface area contributed by atoms with Crippen molar-refractivity contribution in [2.75, 3.05) is 0 Å². The first-order valence-corrected chi connectivity index (χ1v) is 7.04. The first-order valence-electron chi connectivity index (χ1n) is 7.04. The van der Waals surface area contributed by atoms with Gasteiger partial charge in [-0.25, -0.2) is 0 Å². The molecule has 0 aliphatic carbocycles. The van der Waals surface area contributed by atoms with Gasteiger partial charge in [-0.15, -0.1) is 13.2 Å². The zero-order valence-electron chi connectivity index (χ0n) is 12.0. The lowest BCUT2D eigenvalue weighted by atomic mass is 9.94. The van der Waals surface area contributed by atoms with Gasteiger partial charge < -0.3 is 4.74 Å². The van der Waals surface area contributed by atoms with Crippen LogP contribution >= 0.6 is 0 Å². The van der Waals surface area contributed by atoms with Crippen molar-refractivity contribution in [1.82, 2.24) is 0 Å². The third-order valence-corrected chi connectivity index (χ3v) is 3.41. The average Bonchev–Trinajstić information content (AvgIpc) is 2.55. The highest BCUT2D eigenvalue weighted by atomic mass is 19.4. The van der Waals surface area contributed by atoms with Gasteiger partial charge in [-0.2, -0.15) is 0 Å². The van der Waals surface area contributed by atoms with Gasteiger partial charge in [0, 0.05) is 5.56 Å². The number of hydrogen-bond acceptors (Lipinski definition) is 1. The normalized spacial score (nSPS) is 11.3. The number of ether oxygens (including phenoxy) is 1. The van der Waals surface area contributed by atoms with E-state index in [0.717, 1.165) is 11.1 Å². The maximum atomic E-state index is 12.6. The summed E-state index contributed by atoms with van der Waals surface area (Å²) in [6.07, 6.45) is -4.72. The summed E-state index contributed by atoms with van der Waals surface area (Å²) in [6.45, 7) is 0. The highest BCUT2D eigenvalue weighted by Crippen LogP contribution is 2.38. The van der Waals surface area contributed by atoms with Gasteiger partial charge >= 0.3 is 6.36 Å². The topological polar surface area (TPSA) is 9.23 Å². The number of halogens is 3. The SMILES string of the molecule is FC(F)(F)Oc1ccccc1-c1ccccc1-c1ccccc1. The molecule has 0 saturated carbocycles. The van der Waals surface area contributed by atoms with Crippen molar-refractivity contribution in [1.29, 1.82) is 0 Å². The molecule has 0 spiro atoms. The number of hydrogen-bond donors (Lipinski definition) is 0. The van der Waals surface area contributed by atoms with E-state index in [1.54, 1.807) is 24.3 Å². The fraction of sp³-hybridized carbons (Fsp3) is 0.0526. The molecule has 0 aliphatic heterocycles. The van der Waals surface area contributed by atoms with Crippen molar-refractivity contribution in [3.63, 3.8) is 0 Å². The molecule has 3 aromatic rings. The van der Waals surface area contributed by atoms with Crippen LogP contribution in [-0.4, -0.2) is 6.36 Å². The first kappa shape index (κ1) is 15.2. The van der Waals surface area contributed by atoms with Gasteiger partial charge in [-0.1, -0.05) is 72.8 Å². The molecule has 0 saturated heterocycles. The summed E-state index contributed by atoms with van der Waals surface area (Å²) in [5.74, 6) is -0.205. The zero-order valence-corrected chi connectivity index (χ0v) is 12.0. The van der Waals surface area contributed by atoms with E-state index in [4.69, 9.17) is 0 Å². The summed E-state index contributed by atoms with van der Waals surface area (Å²) in [7, 11) is 0. The molecule has 116 valence electrons. The molecule has 0 heterocycles. The second-order valence-corrected chi connectivity index (χ2v) is 4.96. The standard InChI is InChI=1S/C19H13F3O/c20-19(21,22)23-18-13-7-6-12-17(18)16-11-5-4-10-15(16)14-8-2-1-3-9-14/h1-13H. The molecule has 0 aromatic heterocycles. The van der Waals surface area contributed by atoms with E-state index in [9.17, 15) is 13.2 Å². The van der Waals surface area contributed by atoms with Gasteiger partial charge in [-0.3, -0.25) is 0 Å². The van der Waals surface area contributed by atoms with Crippen LogP contribution in [0.1, 0.15) is 0 Å². The van der Waals surface area contributed by atoms with Crippen molar-refractivity contribution in [3.05, 3.63) is 78.9 Å². The molecule has 4 heteroatoms. The van der Waals surface area contributed by atoms with E-state index in [1.807, 2.05) is 42.5 Å². The Hall–Kier alpha value is -2.75. The fourth-order valence-corrected chi connectivity index (χ4v) is 2.49. The number of rotatable bonds is 3. The van der Waals surface area contributed by atoms with Crippen LogP contribution in [0.2, 0.25) is 0 Å². The second-order valence-electron chi connectivity index (χ2n) is 4.96. The first-order chi connectivity index (χ1) is 11.0. The highest BCUT2D eigenvalue weighted by molar-refractivity contribution is 5.85. The minimum atomic E-state index is -4.72. The predicted molar refractivity (Wildman–Crippen MR) is 84.0 cm³/mol. The van der Waals surface area contributed by atoms with Crippen LogP contribution in [0.25, 0.3) is 22.3 Å². The number of alkyl halides is 3. The van der Waals surface area contributed by atoms with Gasteiger partial charge in [0.1, 0.15) is 5.75 Å². The van der Waals surface area contributed by atoms with E-state index < -0.39 is 6.36 Å². The van der Waals surface area contributed by atoms with Gasteiger partial charge in [0.15, 0.2) is 0 Å². The van der Waals surface area contributed by atoms with Crippen molar-refractivity contribution < 1.29 is 17.9 Å². The molecule has 23 heavy (non-hydrogen) atoms. The Morgan fingerprint density at radius 2 is 1.09 bits per heavy atom. The van der Waals surface area contributed by atoms with E-state index in [-0.39, 0.29) is 5.75 Å². The van der Waals surface area contributed by atoms with E-state index >= 15 is 0 Å². The molecule has 3 rings (SSSR count). The number of benzene rings is 3. The Morgan fingerprint density at radius 3 is 1.74 bits per heavy atom. The van der Waals surface area contributed by atoms with Crippen LogP contribution in [0, 0.1) is 0 Å². The van der Waals surface area contributed by atoms with Crippen molar-refractivity contribution in [3.8, 4) is 28.0 Å². The Balaban J connectivity index is 2.14. The molecule has 0 amide bonds. The summed E-state index contributed by atoms with van der Waals surface area (Å²) < 4.78 is 42.1. The predicted octanol–water partition coefficient (Wildman–Crippen LogP) is 5.92. The third kappa shape index (κ3) is 3.54. The van der Waals surface area contributed by atoms with Crippen molar-refractivity contribution >= 4 is 0 Å². The Kier molecular flexibility index (Phi) is 4.06. The third-order valence-electron chi connectivity index (χ3n) is 3.41. The summed E-state index contributed by atoms with van der Waals surface area (Å²) in [5, 5.41) is 0. The molecule has 0 atom stereocenters. The number of para-hydroxylation sites is 1. The molecule has 0 unspecified atom stereocenters.